The van der Waals surface area contributed by atoms with E-state index in [1.54, 1.807) is 30.3 Å². The Morgan fingerprint density at radius 2 is 1.78 bits per heavy atom. The van der Waals surface area contributed by atoms with Gasteiger partial charge in [-0.05, 0) is 42.0 Å². The summed E-state index contributed by atoms with van der Waals surface area (Å²) >= 11 is 13.9. The molecule has 2 atom stereocenters. The Kier molecular flexibility index (Phi) is 5.14. The van der Waals surface area contributed by atoms with Crippen LogP contribution in [0.15, 0.2) is 47.5 Å². The molecular weight excluding hydrogens is 430 g/mol. The van der Waals surface area contributed by atoms with Crippen molar-refractivity contribution in [3.63, 3.8) is 0 Å². The summed E-state index contributed by atoms with van der Waals surface area (Å²) in [5.74, 6) is 0.227. The van der Waals surface area contributed by atoms with E-state index in [0.29, 0.717) is 21.0 Å². The highest BCUT2D eigenvalue weighted by Gasteiger charge is 2.47. The summed E-state index contributed by atoms with van der Waals surface area (Å²) in [6, 6.07) is 10.7. The summed E-state index contributed by atoms with van der Waals surface area (Å²) in [4.78, 5) is 6.54. The molecule has 0 N–H and O–H groups in total. The van der Waals surface area contributed by atoms with Gasteiger partial charge in [0.2, 0.25) is 0 Å². The molecule has 4 nitrogen and oxygen atoms in total. The molecule has 0 radical (unpaired) electrons. The Morgan fingerprint density at radius 1 is 1.11 bits per heavy atom. The van der Waals surface area contributed by atoms with Crippen LogP contribution in [-0.4, -0.2) is 37.2 Å². The fourth-order valence-corrected chi connectivity index (χ4v) is 7.05. The molecule has 0 aromatic heterocycles. The Hall–Kier alpha value is -1.28. The molecule has 0 spiro atoms. The van der Waals surface area contributed by atoms with Gasteiger partial charge in [0, 0.05) is 21.5 Å². The number of amidine groups is 1. The Labute approximate surface area is 171 Å². The van der Waals surface area contributed by atoms with Crippen molar-refractivity contribution >= 4 is 55.7 Å². The van der Waals surface area contributed by atoms with Crippen molar-refractivity contribution in [2.24, 2.45) is 4.99 Å². The maximum Gasteiger partial charge on any atom is 0.164 e. The second-order valence-electron chi connectivity index (χ2n) is 6.46. The number of benzene rings is 2. The maximum atomic E-state index is 13.3. The molecule has 2 heterocycles. The first-order valence-corrected chi connectivity index (χ1v) is 11.8. The summed E-state index contributed by atoms with van der Waals surface area (Å²) in [7, 11) is -3.13. The smallest absolute Gasteiger partial charge is 0.164 e. The van der Waals surface area contributed by atoms with E-state index in [4.69, 9.17) is 23.2 Å². The fraction of sp³-hybridized carbons (Fsp3) is 0.278. The molecular formula is C18H15Cl2FN2O2S2. The zero-order valence-corrected chi connectivity index (χ0v) is 17.1. The van der Waals surface area contributed by atoms with Gasteiger partial charge in [-0.3, -0.25) is 4.99 Å². The van der Waals surface area contributed by atoms with Crippen LogP contribution >= 0.6 is 35.0 Å². The lowest BCUT2D eigenvalue weighted by atomic mass is 10.1. The van der Waals surface area contributed by atoms with E-state index in [-0.39, 0.29) is 29.4 Å². The Balaban J connectivity index is 1.64. The van der Waals surface area contributed by atoms with Gasteiger partial charge in [0.05, 0.1) is 23.6 Å². The largest absolute Gasteiger partial charge is 0.315 e. The van der Waals surface area contributed by atoms with E-state index in [2.05, 4.69) is 4.99 Å². The van der Waals surface area contributed by atoms with Crippen LogP contribution in [0.5, 0.6) is 0 Å². The van der Waals surface area contributed by atoms with Gasteiger partial charge < -0.3 is 4.90 Å². The van der Waals surface area contributed by atoms with Gasteiger partial charge in [-0.15, -0.1) is 0 Å². The van der Waals surface area contributed by atoms with Crippen LogP contribution in [0.25, 0.3) is 0 Å². The van der Waals surface area contributed by atoms with Crippen LogP contribution in [0.1, 0.15) is 5.56 Å². The van der Waals surface area contributed by atoms with Gasteiger partial charge in [0.1, 0.15) is 5.82 Å². The highest BCUT2D eigenvalue weighted by molar-refractivity contribution is 8.13. The first-order chi connectivity index (χ1) is 12.8. The van der Waals surface area contributed by atoms with Crippen molar-refractivity contribution in [2.75, 3.05) is 16.4 Å². The standard InChI is InChI=1S/C18H15Cl2FN2O2S2/c19-14-2-1-3-15(20)13(14)8-26-18-22-16-9-27(24,25)10-17(16)23(18)12-6-4-11(21)5-7-12/h1-7,16-17H,8-10H2/t16-,17-/m1/s1. The number of halogens is 3. The van der Waals surface area contributed by atoms with E-state index in [0.717, 1.165) is 11.3 Å². The van der Waals surface area contributed by atoms with E-state index in [1.807, 2.05) is 4.90 Å². The molecule has 2 aromatic carbocycles. The lowest BCUT2D eigenvalue weighted by Crippen LogP contribution is -2.39. The predicted molar refractivity (Wildman–Crippen MR) is 110 cm³/mol. The molecule has 9 heteroatoms. The van der Waals surface area contributed by atoms with Crippen LogP contribution in [-0.2, 0) is 15.6 Å². The monoisotopic (exact) mass is 444 g/mol. The van der Waals surface area contributed by atoms with Crippen LogP contribution in [0, 0.1) is 5.82 Å². The third kappa shape index (κ3) is 3.83. The topological polar surface area (TPSA) is 49.7 Å². The molecule has 2 aliphatic rings. The lowest BCUT2D eigenvalue weighted by molar-refractivity contribution is 0.601. The van der Waals surface area contributed by atoms with Gasteiger partial charge >= 0.3 is 0 Å². The molecule has 0 amide bonds. The normalized spacial score (nSPS) is 23.4. The number of hydrogen-bond donors (Lipinski definition) is 0. The minimum Gasteiger partial charge on any atom is -0.315 e. The number of nitrogens with zero attached hydrogens (tertiary/aromatic N) is 2. The molecule has 4 rings (SSSR count). The highest BCUT2D eigenvalue weighted by Crippen LogP contribution is 2.37. The van der Waals surface area contributed by atoms with E-state index >= 15 is 0 Å². The summed E-state index contributed by atoms with van der Waals surface area (Å²) in [6.45, 7) is 0. The molecule has 27 heavy (non-hydrogen) atoms. The Morgan fingerprint density at radius 3 is 2.44 bits per heavy atom. The van der Waals surface area contributed by atoms with E-state index < -0.39 is 9.84 Å². The third-order valence-electron chi connectivity index (χ3n) is 4.62. The molecule has 1 fully saturated rings. The number of aliphatic imine (C=N–C) groups is 1. The average molecular weight is 445 g/mol. The summed E-state index contributed by atoms with van der Waals surface area (Å²) in [6.07, 6.45) is 0. The van der Waals surface area contributed by atoms with Crippen LogP contribution in [0.3, 0.4) is 0 Å². The van der Waals surface area contributed by atoms with Gasteiger partial charge in [0.25, 0.3) is 0 Å². The number of rotatable bonds is 3. The average Bonchev–Trinajstić information content (AvgIpc) is 3.06. The van der Waals surface area contributed by atoms with Crippen LogP contribution in [0.2, 0.25) is 10.0 Å². The van der Waals surface area contributed by atoms with Crippen molar-refractivity contribution in [1.82, 2.24) is 0 Å². The highest BCUT2D eigenvalue weighted by atomic mass is 35.5. The molecule has 0 unspecified atom stereocenters. The molecule has 0 saturated carbocycles. The first-order valence-electron chi connectivity index (χ1n) is 8.23. The minimum atomic E-state index is -3.13. The molecule has 0 aliphatic carbocycles. The third-order valence-corrected chi connectivity index (χ3v) is 8.02. The molecule has 0 bridgehead atoms. The quantitative estimate of drug-likeness (QED) is 0.703. The number of anilines is 1. The van der Waals surface area contributed by atoms with Gasteiger partial charge in [-0.1, -0.05) is 41.0 Å². The lowest BCUT2D eigenvalue weighted by Gasteiger charge is -2.26. The first kappa shape index (κ1) is 19.1. The fourth-order valence-electron chi connectivity index (χ4n) is 3.34. The van der Waals surface area contributed by atoms with Crippen molar-refractivity contribution < 1.29 is 12.8 Å². The van der Waals surface area contributed by atoms with Crippen molar-refractivity contribution in [2.45, 2.75) is 17.8 Å². The van der Waals surface area contributed by atoms with E-state index in [9.17, 15) is 12.8 Å². The SMILES string of the molecule is O=S1(=O)C[C@@H]2[C@@H](C1)N=C(SCc1c(Cl)cccc1Cl)N2c1ccc(F)cc1. The van der Waals surface area contributed by atoms with Crippen molar-refractivity contribution in [1.29, 1.82) is 0 Å². The minimum absolute atomic E-state index is 0.0340. The molecule has 142 valence electrons. The predicted octanol–water partition coefficient (Wildman–Crippen LogP) is 4.41. The van der Waals surface area contributed by atoms with Crippen LogP contribution in [0.4, 0.5) is 10.1 Å². The summed E-state index contributed by atoms with van der Waals surface area (Å²) in [5.41, 5.74) is 1.52. The number of sulfone groups is 1. The Bertz CT molecular complexity index is 992. The second-order valence-corrected chi connectivity index (χ2v) is 10.4. The maximum absolute atomic E-state index is 13.3. The summed E-state index contributed by atoms with van der Waals surface area (Å²) < 4.78 is 37.4. The van der Waals surface area contributed by atoms with Gasteiger partial charge in [-0.2, -0.15) is 0 Å². The molecule has 2 aromatic rings. The van der Waals surface area contributed by atoms with Crippen molar-refractivity contribution in [3.05, 3.63) is 63.9 Å². The zero-order chi connectivity index (χ0) is 19.2. The zero-order valence-electron chi connectivity index (χ0n) is 14.0. The number of thioether (sulfide) groups is 1. The second kappa shape index (κ2) is 7.28. The number of hydrogen-bond acceptors (Lipinski definition) is 5. The van der Waals surface area contributed by atoms with Crippen LogP contribution < -0.4 is 4.90 Å². The number of fused-ring (bicyclic) bond motifs is 1. The molecule has 2 aliphatic heterocycles. The molecule has 1 saturated heterocycles. The van der Waals surface area contributed by atoms with E-state index in [1.165, 1.54) is 23.9 Å². The summed E-state index contributed by atoms with van der Waals surface area (Å²) in [5, 5.41) is 1.84. The van der Waals surface area contributed by atoms with Crippen molar-refractivity contribution in [3.8, 4) is 0 Å². The van der Waals surface area contributed by atoms with Gasteiger partial charge in [-0.25, -0.2) is 12.8 Å². The van der Waals surface area contributed by atoms with Gasteiger partial charge in [0.15, 0.2) is 15.0 Å².